The molecule has 0 unspecified atom stereocenters. The monoisotopic (exact) mass is 336 g/mol. The van der Waals surface area contributed by atoms with Crippen LogP contribution in [0, 0.1) is 29.3 Å². The van der Waals surface area contributed by atoms with E-state index in [9.17, 15) is 13.2 Å². The van der Waals surface area contributed by atoms with Crippen molar-refractivity contribution in [3.8, 4) is 0 Å². The molecular formula is C21H27F3. The molecule has 2 aliphatic carbocycles. The van der Waals surface area contributed by atoms with Crippen molar-refractivity contribution in [1.29, 1.82) is 0 Å². The van der Waals surface area contributed by atoms with Crippen LogP contribution in [0.3, 0.4) is 0 Å². The molecule has 0 aliphatic heterocycles. The Morgan fingerprint density at radius 3 is 2.29 bits per heavy atom. The average Bonchev–Trinajstić information content (AvgIpc) is 2.59. The van der Waals surface area contributed by atoms with Crippen LogP contribution in [0.15, 0.2) is 17.7 Å². The second-order valence-corrected chi connectivity index (χ2v) is 7.58. The fourth-order valence-corrected chi connectivity index (χ4v) is 4.42. The zero-order chi connectivity index (χ0) is 17.1. The third-order valence-electron chi connectivity index (χ3n) is 5.91. The molecule has 0 heterocycles. The number of benzene rings is 1. The Bertz CT molecular complexity index is 610. The van der Waals surface area contributed by atoms with E-state index in [0.717, 1.165) is 18.3 Å². The van der Waals surface area contributed by atoms with Gasteiger partial charge in [-0.2, -0.15) is 0 Å². The first-order chi connectivity index (χ1) is 11.6. The Labute approximate surface area is 143 Å². The summed E-state index contributed by atoms with van der Waals surface area (Å²) in [6, 6.07) is 1.18. The molecule has 2 aliphatic rings. The standard InChI is InChI=1S/C21H27F3/c1-2-3-14-4-6-15(7-5-14)8-9-16-10-11-18-17(12-16)13-19(22)21(24)20(18)23/h10,13-15H,2-9,11-12H2,1H3. The van der Waals surface area contributed by atoms with Gasteiger partial charge >= 0.3 is 0 Å². The van der Waals surface area contributed by atoms with E-state index in [4.69, 9.17) is 0 Å². The van der Waals surface area contributed by atoms with Crippen molar-refractivity contribution in [2.75, 3.05) is 0 Å². The highest BCUT2D eigenvalue weighted by molar-refractivity contribution is 5.39. The molecule has 0 bridgehead atoms. The molecule has 0 amide bonds. The summed E-state index contributed by atoms with van der Waals surface area (Å²) in [7, 11) is 0. The molecule has 0 atom stereocenters. The molecule has 1 fully saturated rings. The zero-order valence-corrected chi connectivity index (χ0v) is 14.5. The summed E-state index contributed by atoms with van der Waals surface area (Å²) in [5.41, 5.74) is 2.21. The van der Waals surface area contributed by atoms with Crippen LogP contribution in [0.1, 0.15) is 69.4 Å². The molecule has 0 nitrogen and oxygen atoms in total. The SMILES string of the molecule is CCCC1CCC(CCC2=CCc3c(cc(F)c(F)c3F)C2)CC1. The van der Waals surface area contributed by atoms with E-state index in [1.54, 1.807) is 0 Å². The molecule has 0 aromatic heterocycles. The van der Waals surface area contributed by atoms with Crippen LogP contribution in [0.5, 0.6) is 0 Å². The molecule has 1 aromatic carbocycles. The van der Waals surface area contributed by atoms with Crippen LogP contribution in [-0.2, 0) is 12.8 Å². The Morgan fingerprint density at radius 1 is 0.958 bits per heavy atom. The second kappa shape index (κ2) is 7.76. The Hall–Kier alpha value is -1.25. The minimum atomic E-state index is -1.34. The molecule has 24 heavy (non-hydrogen) atoms. The van der Waals surface area contributed by atoms with Crippen molar-refractivity contribution in [3.05, 3.63) is 46.3 Å². The zero-order valence-electron chi connectivity index (χ0n) is 14.5. The van der Waals surface area contributed by atoms with Crippen LogP contribution in [0.4, 0.5) is 13.2 Å². The highest BCUT2D eigenvalue weighted by Crippen LogP contribution is 2.35. The molecule has 3 heteroatoms. The summed E-state index contributed by atoms with van der Waals surface area (Å²) in [6.07, 6.45) is 13.2. The van der Waals surface area contributed by atoms with Crippen molar-refractivity contribution in [3.63, 3.8) is 0 Å². The third kappa shape index (κ3) is 3.87. The number of halogens is 3. The summed E-state index contributed by atoms with van der Waals surface area (Å²) in [5, 5.41) is 0. The van der Waals surface area contributed by atoms with Gasteiger partial charge < -0.3 is 0 Å². The minimum Gasteiger partial charge on any atom is -0.204 e. The lowest BCUT2D eigenvalue weighted by Gasteiger charge is -2.29. The lowest BCUT2D eigenvalue weighted by atomic mass is 9.77. The smallest absolute Gasteiger partial charge is 0.194 e. The maximum absolute atomic E-state index is 13.8. The van der Waals surface area contributed by atoms with Gasteiger partial charge in [-0.3, -0.25) is 0 Å². The molecule has 1 aromatic rings. The second-order valence-electron chi connectivity index (χ2n) is 7.58. The predicted molar refractivity (Wildman–Crippen MR) is 91.4 cm³/mol. The van der Waals surface area contributed by atoms with Crippen molar-refractivity contribution in [2.45, 2.75) is 71.1 Å². The van der Waals surface area contributed by atoms with Gasteiger partial charge in [0.15, 0.2) is 17.5 Å². The van der Waals surface area contributed by atoms with E-state index in [2.05, 4.69) is 6.92 Å². The lowest BCUT2D eigenvalue weighted by molar-refractivity contribution is 0.252. The van der Waals surface area contributed by atoms with E-state index < -0.39 is 17.5 Å². The Balaban J connectivity index is 1.53. The normalized spacial score (nSPS) is 23.8. The summed E-state index contributed by atoms with van der Waals surface area (Å²) in [6.45, 7) is 2.26. The van der Waals surface area contributed by atoms with Crippen molar-refractivity contribution in [2.24, 2.45) is 11.8 Å². The van der Waals surface area contributed by atoms with Gasteiger partial charge in [0.05, 0.1) is 0 Å². The van der Waals surface area contributed by atoms with Crippen LogP contribution < -0.4 is 0 Å². The number of allylic oxidation sites excluding steroid dienone is 2. The molecule has 0 spiro atoms. The maximum atomic E-state index is 13.8. The van der Waals surface area contributed by atoms with Gasteiger partial charge in [-0.25, -0.2) is 13.2 Å². The minimum absolute atomic E-state index is 0.331. The molecule has 132 valence electrons. The van der Waals surface area contributed by atoms with Gasteiger partial charge in [0, 0.05) is 0 Å². The van der Waals surface area contributed by atoms with Crippen molar-refractivity contribution in [1.82, 2.24) is 0 Å². The van der Waals surface area contributed by atoms with E-state index in [1.807, 2.05) is 6.08 Å². The van der Waals surface area contributed by atoms with Crippen molar-refractivity contribution >= 4 is 0 Å². The molecule has 0 saturated heterocycles. The summed E-state index contributed by atoms with van der Waals surface area (Å²) >= 11 is 0. The molecular weight excluding hydrogens is 309 g/mol. The molecule has 3 rings (SSSR count). The number of fused-ring (bicyclic) bond motifs is 1. The van der Waals surface area contributed by atoms with Gasteiger partial charge in [-0.1, -0.05) is 57.1 Å². The highest BCUT2D eigenvalue weighted by atomic mass is 19.2. The largest absolute Gasteiger partial charge is 0.204 e. The quantitative estimate of drug-likeness (QED) is 0.424. The Morgan fingerprint density at radius 2 is 1.62 bits per heavy atom. The number of hydrogen-bond donors (Lipinski definition) is 0. The summed E-state index contributed by atoms with van der Waals surface area (Å²) < 4.78 is 40.6. The van der Waals surface area contributed by atoms with E-state index in [-0.39, 0.29) is 0 Å². The van der Waals surface area contributed by atoms with Crippen molar-refractivity contribution < 1.29 is 13.2 Å². The molecule has 0 N–H and O–H groups in total. The van der Waals surface area contributed by atoms with Gasteiger partial charge in [0.1, 0.15) is 0 Å². The van der Waals surface area contributed by atoms with Gasteiger partial charge in [-0.15, -0.1) is 0 Å². The van der Waals surface area contributed by atoms with E-state index in [0.29, 0.717) is 24.0 Å². The van der Waals surface area contributed by atoms with Gasteiger partial charge in [0.2, 0.25) is 0 Å². The van der Waals surface area contributed by atoms with Gasteiger partial charge in [-0.05, 0) is 54.7 Å². The highest BCUT2D eigenvalue weighted by Gasteiger charge is 2.23. The maximum Gasteiger partial charge on any atom is 0.194 e. The first-order valence-corrected chi connectivity index (χ1v) is 9.41. The van der Waals surface area contributed by atoms with Crippen LogP contribution in [0.25, 0.3) is 0 Å². The fraction of sp³-hybridized carbons (Fsp3) is 0.619. The van der Waals surface area contributed by atoms with Crippen LogP contribution in [-0.4, -0.2) is 0 Å². The first-order valence-electron chi connectivity index (χ1n) is 9.41. The third-order valence-corrected chi connectivity index (χ3v) is 5.91. The predicted octanol–water partition coefficient (Wildman–Crippen LogP) is 6.52. The van der Waals surface area contributed by atoms with Gasteiger partial charge in [0.25, 0.3) is 0 Å². The van der Waals surface area contributed by atoms with Crippen LogP contribution >= 0.6 is 0 Å². The summed E-state index contributed by atoms with van der Waals surface area (Å²) in [5.74, 6) is -1.69. The Kier molecular flexibility index (Phi) is 5.68. The van der Waals surface area contributed by atoms with E-state index >= 15 is 0 Å². The van der Waals surface area contributed by atoms with Crippen LogP contribution in [0.2, 0.25) is 0 Å². The lowest BCUT2D eigenvalue weighted by Crippen LogP contribution is -2.15. The summed E-state index contributed by atoms with van der Waals surface area (Å²) in [4.78, 5) is 0. The fourth-order valence-electron chi connectivity index (χ4n) is 4.42. The number of rotatable bonds is 5. The average molecular weight is 336 g/mol. The topological polar surface area (TPSA) is 0 Å². The first kappa shape index (κ1) is 17.6. The number of hydrogen-bond acceptors (Lipinski definition) is 0. The van der Waals surface area contributed by atoms with E-state index in [1.165, 1.54) is 56.6 Å². The molecule has 0 radical (unpaired) electrons. The molecule has 1 saturated carbocycles.